The number of thioether (sulfide) groups is 1. The molecule has 0 radical (unpaired) electrons. The monoisotopic (exact) mass is 270 g/mol. The van der Waals surface area contributed by atoms with E-state index in [1.807, 2.05) is 11.4 Å². The normalized spacial score (nSPS) is 10.4. The Kier molecular flexibility index (Phi) is 4.10. The van der Waals surface area contributed by atoms with Gasteiger partial charge in [0.1, 0.15) is 6.54 Å². The van der Waals surface area contributed by atoms with Crippen LogP contribution in [0.3, 0.4) is 0 Å². The summed E-state index contributed by atoms with van der Waals surface area (Å²) in [5, 5.41) is 15.9. The van der Waals surface area contributed by atoms with Gasteiger partial charge < -0.3 is 4.74 Å². The Morgan fingerprint density at radius 3 is 3.24 bits per heavy atom. The van der Waals surface area contributed by atoms with Crippen LogP contribution in [-0.4, -0.2) is 33.3 Å². The molecule has 0 aliphatic rings. The molecular weight excluding hydrogens is 260 g/mol. The van der Waals surface area contributed by atoms with Gasteiger partial charge in [0.05, 0.1) is 7.11 Å². The van der Waals surface area contributed by atoms with Crippen molar-refractivity contribution < 1.29 is 9.53 Å². The molecular formula is C9H10N4O2S2. The maximum atomic E-state index is 11.1. The Morgan fingerprint density at radius 2 is 2.53 bits per heavy atom. The number of tetrazole rings is 1. The molecule has 0 aromatic carbocycles. The predicted molar refractivity (Wildman–Crippen MR) is 63.7 cm³/mol. The minimum atomic E-state index is -0.366. The summed E-state index contributed by atoms with van der Waals surface area (Å²) >= 11 is 3.14. The third kappa shape index (κ3) is 3.27. The van der Waals surface area contributed by atoms with Gasteiger partial charge in [-0.1, -0.05) is 11.8 Å². The SMILES string of the molecule is COC(=O)Cn1nnnc1SCc1ccsc1. The van der Waals surface area contributed by atoms with Gasteiger partial charge in [0.15, 0.2) is 0 Å². The number of rotatable bonds is 5. The molecule has 0 amide bonds. The number of methoxy groups -OCH3 is 1. The molecule has 0 saturated heterocycles. The Balaban J connectivity index is 1.96. The molecule has 90 valence electrons. The van der Waals surface area contributed by atoms with Gasteiger partial charge in [-0.2, -0.15) is 11.3 Å². The van der Waals surface area contributed by atoms with Gasteiger partial charge in [-0.05, 0) is 32.8 Å². The molecule has 2 heterocycles. The lowest BCUT2D eigenvalue weighted by Gasteiger charge is -2.01. The van der Waals surface area contributed by atoms with E-state index in [0.29, 0.717) is 5.16 Å². The van der Waals surface area contributed by atoms with E-state index in [4.69, 9.17) is 0 Å². The molecule has 2 rings (SSSR count). The number of carbonyl (C=O) groups excluding carboxylic acids is 1. The molecule has 0 saturated carbocycles. The molecule has 8 heteroatoms. The van der Waals surface area contributed by atoms with Crippen LogP contribution in [-0.2, 0) is 21.8 Å². The number of hydrogen-bond donors (Lipinski definition) is 0. The molecule has 0 fully saturated rings. The Bertz CT molecular complexity index is 483. The summed E-state index contributed by atoms with van der Waals surface area (Å²) in [6.45, 7) is 0.0372. The highest BCUT2D eigenvalue weighted by Crippen LogP contribution is 2.21. The molecule has 6 nitrogen and oxygen atoms in total. The number of carbonyl (C=O) groups is 1. The first-order valence-electron chi connectivity index (χ1n) is 4.76. The molecule has 0 aliphatic heterocycles. The number of ether oxygens (including phenoxy) is 1. The highest BCUT2D eigenvalue weighted by Gasteiger charge is 2.11. The molecule has 2 aromatic heterocycles. The molecule has 0 bridgehead atoms. The van der Waals surface area contributed by atoms with Gasteiger partial charge >= 0.3 is 5.97 Å². The Labute approximate surface area is 106 Å². The van der Waals surface area contributed by atoms with Crippen LogP contribution in [0.15, 0.2) is 22.0 Å². The molecule has 17 heavy (non-hydrogen) atoms. The number of nitrogens with zero attached hydrogens (tertiary/aromatic N) is 4. The molecule has 0 aliphatic carbocycles. The summed E-state index contributed by atoms with van der Waals surface area (Å²) in [5.41, 5.74) is 1.22. The van der Waals surface area contributed by atoms with Gasteiger partial charge in [-0.3, -0.25) is 4.79 Å². The lowest BCUT2D eigenvalue weighted by atomic mass is 10.4. The third-order valence-electron chi connectivity index (χ3n) is 1.95. The highest BCUT2D eigenvalue weighted by molar-refractivity contribution is 7.98. The average molecular weight is 270 g/mol. The van der Waals surface area contributed by atoms with E-state index in [9.17, 15) is 4.79 Å². The van der Waals surface area contributed by atoms with Gasteiger partial charge in [0.2, 0.25) is 5.16 Å². The van der Waals surface area contributed by atoms with E-state index in [1.54, 1.807) is 11.3 Å². The largest absolute Gasteiger partial charge is 0.468 e. The number of esters is 1. The first-order valence-corrected chi connectivity index (χ1v) is 6.69. The van der Waals surface area contributed by atoms with E-state index in [1.165, 1.54) is 29.1 Å². The topological polar surface area (TPSA) is 69.9 Å². The second kappa shape index (κ2) is 5.78. The van der Waals surface area contributed by atoms with Crippen LogP contribution in [0.4, 0.5) is 0 Å². The summed E-state index contributed by atoms with van der Waals surface area (Å²) in [5.74, 6) is 0.417. The van der Waals surface area contributed by atoms with Crippen molar-refractivity contribution in [1.82, 2.24) is 20.2 Å². The first-order chi connectivity index (χ1) is 8.29. The van der Waals surface area contributed by atoms with Crippen molar-refractivity contribution in [2.75, 3.05) is 7.11 Å². The van der Waals surface area contributed by atoms with Crippen LogP contribution in [0.25, 0.3) is 0 Å². The van der Waals surface area contributed by atoms with Crippen molar-refractivity contribution >= 4 is 29.1 Å². The fraction of sp³-hybridized carbons (Fsp3) is 0.333. The quantitative estimate of drug-likeness (QED) is 0.600. The fourth-order valence-corrected chi connectivity index (χ4v) is 2.70. The number of aromatic nitrogens is 4. The Hall–Kier alpha value is -1.41. The van der Waals surface area contributed by atoms with Gasteiger partial charge in [-0.15, -0.1) is 5.10 Å². The molecule has 2 aromatic rings. The summed E-state index contributed by atoms with van der Waals surface area (Å²) in [7, 11) is 1.34. The minimum absolute atomic E-state index is 0.0372. The van der Waals surface area contributed by atoms with Crippen LogP contribution < -0.4 is 0 Å². The summed E-state index contributed by atoms with van der Waals surface area (Å²) in [6, 6.07) is 2.05. The van der Waals surface area contributed by atoms with Gasteiger partial charge in [0, 0.05) is 5.75 Å². The van der Waals surface area contributed by atoms with Crippen LogP contribution in [0, 0.1) is 0 Å². The second-order valence-electron chi connectivity index (χ2n) is 3.12. The lowest BCUT2D eigenvalue weighted by Crippen LogP contribution is -2.13. The fourth-order valence-electron chi connectivity index (χ4n) is 1.11. The van der Waals surface area contributed by atoms with E-state index < -0.39 is 0 Å². The summed E-state index contributed by atoms with van der Waals surface area (Å²) < 4.78 is 6.00. The molecule has 0 spiro atoms. The highest BCUT2D eigenvalue weighted by atomic mass is 32.2. The first kappa shape index (κ1) is 12.1. The van der Waals surface area contributed by atoms with Gasteiger partial charge in [0.25, 0.3) is 0 Å². The van der Waals surface area contributed by atoms with E-state index in [0.717, 1.165) is 5.75 Å². The van der Waals surface area contributed by atoms with E-state index >= 15 is 0 Å². The molecule has 0 atom stereocenters. The van der Waals surface area contributed by atoms with E-state index in [2.05, 4.69) is 25.6 Å². The van der Waals surface area contributed by atoms with Gasteiger partial charge in [-0.25, -0.2) is 4.68 Å². The van der Waals surface area contributed by atoms with Crippen LogP contribution >= 0.6 is 23.1 Å². The van der Waals surface area contributed by atoms with Crippen molar-refractivity contribution in [3.05, 3.63) is 22.4 Å². The lowest BCUT2D eigenvalue weighted by molar-refractivity contribution is -0.141. The Morgan fingerprint density at radius 1 is 1.65 bits per heavy atom. The third-order valence-corrected chi connectivity index (χ3v) is 3.71. The van der Waals surface area contributed by atoms with Crippen molar-refractivity contribution in [3.8, 4) is 0 Å². The van der Waals surface area contributed by atoms with Crippen LogP contribution in [0.2, 0.25) is 0 Å². The number of thiophene rings is 1. The average Bonchev–Trinajstić information content (AvgIpc) is 2.97. The second-order valence-corrected chi connectivity index (χ2v) is 4.84. The van der Waals surface area contributed by atoms with Crippen molar-refractivity contribution in [1.29, 1.82) is 0 Å². The smallest absolute Gasteiger partial charge is 0.327 e. The molecule has 0 N–H and O–H groups in total. The minimum Gasteiger partial charge on any atom is -0.468 e. The zero-order chi connectivity index (χ0) is 12.1. The van der Waals surface area contributed by atoms with Crippen molar-refractivity contribution in [3.63, 3.8) is 0 Å². The van der Waals surface area contributed by atoms with Crippen LogP contribution in [0.5, 0.6) is 0 Å². The maximum Gasteiger partial charge on any atom is 0.327 e. The van der Waals surface area contributed by atoms with Crippen molar-refractivity contribution in [2.45, 2.75) is 17.5 Å². The summed E-state index contributed by atoms with van der Waals surface area (Å²) in [6.07, 6.45) is 0. The molecule has 0 unspecified atom stereocenters. The zero-order valence-electron chi connectivity index (χ0n) is 9.07. The predicted octanol–water partition coefficient (Wildman–Crippen LogP) is 1.20. The maximum absolute atomic E-state index is 11.1. The number of hydrogen-bond acceptors (Lipinski definition) is 7. The van der Waals surface area contributed by atoms with Crippen LogP contribution in [0.1, 0.15) is 5.56 Å². The zero-order valence-corrected chi connectivity index (χ0v) is 10.7. The standard InChI is InChI=1S/C9H10N4O2S2/c1-15-8(14)4-13-9(10-11-12-13)17-6-7-2-3-16-5-7/h2-3,5H,4,6H2,1H3. The summed E-state index contributed by atoms with van der Waals surface area (Å²) in [4.78, 5) is 11.1. The van der Waals surface area contributed by atoms with E-state index in [-0.39, 0.29) is 12.5 Å². The van der Waals surface area contributed by atoms with Crippen molar-refractivity contribution in [2.24, 2.45) is 0 Å².